The summed E-state index contributed by atoms with van der Waals surface area (Å²) in [6.45, 7) is 0. The van der Waals surface area contributed by atoms with Gasteiger partial charge in [0.05, 0.1) is 5.52 Å². The van der Waals surface area contributed by atoms with E-state index in [9.17, 15) is 0 Å². The lowest BCUT2D eigenvalue weighted by Crippen LogP contribution is -2.39. The molecule has 1 heterocycles. The van der Waals surface area contributed by atoms with Crippen molar-refractivity contribution >= 4 is 28.4 Å². The van der Waals surface area contributed by atoms with E-state index in [1.165, 1.54) is 32.1 Å². The zero-order valence-electron chi connectivity index (χ0n) is 10.2. The van der Waals surface area contributed by atoms with Crippen LogP contribution < -0.4 is 5.32 Å². The molecule has 94 valence electrons. The standard InChI is InChI=1S/C13H16N4S/c18-13(14-10-6-2-1-3-7-10)17-12-9-5-4-8-11(12)15-16-17/h4-5,8-10H,1-3,6-7H2,(H,14,18). The first-order valence-corrected chi connectivity index (χ1v) is 6.87. The van der Waals surface area contributed by atoms with Crippen LogP contribution in [0, 0.1) is 0 Å². The van der Waals surface area contributed by atoms with E-state index in [1.54, 1.807) is 4.68 Å². The predicted molar refractivity (Wildman–Crippen MR) is 75.5 cm³/mol. The van der Waals surface area contributed by atoms with E-state index in [0.717, 1.165) is 11.0 Å². The zero-order valence-corrected chi connectivity index (χ0v) is 11.0. The summed E-state index contributed by atoms with van der Waals surface area (Å²) in [4.78, 5) is 0. The molecule has 1 saturated carbocycles. The van der Waals surface area contributed by atoms with Crippen LogP contribution in [0.25, 0.3) is 11.0 Å². The predicted octanol–water partition coefficient (Wildman–Crippen LogP) is 2.49. The molecule has 1 aliphatic rings. The van der Waals surface area contributed by atoms with Crippen LogP contribution in [0.2, 0.25) is 0 Å². The molecule has 0 unspecified atom stereocenters. The number of benzene rings is 1. The van der Waals surface area contributed by atoms with Gasteiger partial charge in [0.25, 0.3) is 0 Å². The number of para-hydroxylation sites is 1. The van der Waals surface area contributed by atoms with Crippen molar-refractivity contribution in [1.29, 1.82) is 0 Å². The summed E-state index contributed by atoms with van der Waals surface area (Å²) >= 11 is 5.43. The second-order valence-electron chi connectivity index (χ2n) is 4.77. The first-order chi connectivity index (χ1) is 8.84. The lowest BCUT2D eigenvalue weighted by molar-refractivity contribution is 0.412. The van der Waals surface area contributed by atoms with Crippen LogP contribution in [0.5, 0.6) is 0 Å². The van der Waals surface area contributed by atoms with Crippen LogP contribution in [-0.2, 0) is 0 Å². The average molecular weight is 260 g/mol. The molecule has 1 fully saturated rings. The highest BCUT2D eigenvalue weighted by Gasteiger charge is 2.16. The van der Waals surface area contributed by atoms with Crippen molar-refractivity contribution in [2.24, 2.45) is 0 Å². The van der Waals surface area contributed by atoms with Crippen molar-refractivity contribution in [3.8, 4) is 0 Å². The fourth-order valence-electron chi connectivity index (χ4n) is 2.50. The van der Waals surface area contributed by atoms with E-state index in [-0.39, 0.29) is 0 Å². The van der Waals surface area contributed by atoms with Gasteiger partial charge in [0.15, 0.2) is 5.11 Å². The monoisotopic (exact) mass is 260 g/mol. The van der Waals surface area contributed by atoms with Gasteiger partial charge in [-0.25, -0.2) is 0 Å². The topological polar surface area (TPSA) is 42.7 Å². The molecule has 1 N–H and O–H groups in total. The number of thiocarbonyl (C=S) groups is 1. The van der Waals surface area contributed by atoms with Gasteiger partial charge in [-0.05, 0) is 37.2 Å². The smallest absolute Gasteiger partial charge is 0.196 e. The Morgan fingerprint density at radius 3 is 2.83 bits per heavy atom. The number of hydrogen-bond donors (Lipinski definition) is 1. The van der Waals surface area contributed by atoms with Gasteiger partial charge in [-0.3, -0.25) is 0 Å². The lowest BCUT2D eigenvalue weighted by Gasteiger charge is -2.23. The van der Waals surface area contributed by atoms with Gasteiger partial charge in [-0.1, -0.05) is 36.6 Å². The Balaban J connectivity index is 1.79. The normalized spacial score (nSPS) is 16.9. The maximum atomic E-state index is 5.43. The molecular weight excluding hydrogens is 244 g/mol. The van der Waals surface area contributed by atoms with E-state index in [0.29, 0.717) is 11.2 Å². The van der Waals surface area contributed by atoms with Crippen LogP contribution in [-0.4, -0.2) is 26.1 Å². The minimum Gasteiger partial charge on any atom is -0.358 e. The van der Waals surface area contributed by atoms with Crippen LogP contribution in [0.3, 0.4) is 0 Å². The molecule has 0 saturated heterocycles. The fourth-order valence-corrected chi connectivity index (χ4v) is 2.80. The molecule has 18 heavy (non-hydrogen) atoms. The third-order valence-electron chi connectivity index (χ3n) is 3.48. The summed E-state index contributed by atoms with van der Waals surface area (Å²) in [6, 6.07) is 8.37. The number of rotatable bonds is 1. The minimum absolute atomic E-state index is 0.495. The molecule has 1 aliphatic carbocycles. The average Bonchev–Trinajstić information content (AvgIpc) is 2.84. The molecule has 0 spiro atoms. The van der Waals surface area contributed by atoms with Crippen LogP contribution in [0.4, 0.5) is 0 Å². The van der Waals surface area contributed by atoms with Gasteiger partial charge in [0.2, 0.25) is 0 Å². The summed E-state index contributed by atoms with van der Waals surface area (Å²) < 4.78 is 1.72. The maximum absolute atomic E-state index is 5.43. The zero-order chi connectivity index (χ0) is 12.4. The highest BCUT2D eigenvalue weighted by atomic mass is 32.1. The quantitative estimate of drug-likeness (QED) is 0.800. The Morgan fingerprint density at radius 1 is 1.22 bits per heavy atom. The summed E-state index contributed by atoms with van der Waals surface area (Å²) in [5, 5.41) is 12.3. The first-order valence-electron chi connectivity index (χ1n) is 6.46. The molecule has 0 atom stereocenters. The summed E-state index contributed by atoms with van der Waals surface area (Å²) in [5.74, 6) is 0. The first kappa shape index (κ1) is 11.6. The number of nitrogens with one attached hydrogen (secondary N) is 1. The Hall–Kier alpha value is -1.49. The van der Waals surface area contributed by atoms with E-state index in [1.807, 2.05) is 24.3 Å². The number of fused-ring (bicyclic) bond motifs is 1. The second kappa shape index (κ2) is 5.02. The van der Waals surface area contributed by atoms with Gasteiger partial charge in [-0.2, -0.15) is 4.68 Å². The Kier molecular flexibility index (Phi) is 3.23. The van der Waals surface area contributed by atoms with Gasteiger partial charge in [0.1, 0.15) is 5.52 Å². The third kappa shape index (κ3) is 2.22. The molecule has 5 heteroatoms. The Labute approximate surface area is 111 Å². The largest absolute Gasteiger partial charge is 0.358 e. The second-order valence-corrected chi connectivity index (χ2v) is 5.16. The highest BCUT2D eigenvalue weighted by Crippen LogP contribution is 2.18. The summed E-state index contributed by atoms with van der Waals surface area (Å²) in [6.07, 6.45) is 6.33. The van der Waals surface area contributed by atoms with Crippen LogP contribution in [0.15, 0.2) is 24.3 Å². The summed E-state index contributed by atoms with van der Waals surface area (Å²) in [7, 11) is 0. The molecular formula is C13H16N4S. The minimum atomic E-state index is 0.495. The number of aromatic nitrogens is 3. The molecule has 1 aromatic carbocycles. The van der Waals surface area contributed by atoms with Crippen molar-refractivity contribution in [3.05, 3.63) is 24.3 Å². The molecule has 0 amide bonds. The molecule has 3 rings (SSSR count). The molecule has 1 aromatic heterocycles. The van der Waals surface area contributed by atoms with Crippen LogP contribution in [0.1, 0.15) is 32.1 Å². The van der Waals surface area contributed by atoms with Gasteiger partial charge in [-0.15, -0.1) is 5.10 Å². The van der Waals surface area contributed by atoms with E-state index in [4.69, 9.17) is 12.2 Å². The molecule has 0 bridgehead atoms. The SMILES string of the molecule is S=C(NC1CCCCC1)n1nnc2ccccc21. The molecule has 0 aliphatic heterocycles. The van der Waals surface area contributed by atoms with Crippen molar-refractivity contribution in [3.63, 3.8) is 0 Å². The van der Waals surface area contributed by atoms with Gasteiger partial charge >= 0.3 is 0 Å². The van der Waals surface area contributed by atoms with Crippen LogP contribution >= 0.6 is 12.2 Å². The van der Waals surface area contributed by atoms with Crippen molar-refractivity contribution < 1.29 is 0 Å². The molecule has 4 nitrogen and oxygen atoms in total. The summed E-state index contributed by atoms with van der Waals surface area (Å²) in [5.41, 5.74) is 1.84. The van der Waals surface area contributed by atoms with E-state index in [2.05, 4.69) is 15.6 Å². The van der Waals surface area contributed by atoms with Crippen molar-refractivity contribution in [2.75, 3.05) is 0 Å². The van der Waals surface area contributed by atoms with Gasteiger partial charge < -0.3 is 5.32 Å². The number of nitrogens with zero attached hydrogens (tertiary/aromatic N) is 3. The van der Waals surface area contributed by atoms with Gasteiger partial charge in [0, 0.05) is 6.04 Å². The number of hydrogen-bond acceptors (Lipinski definition) is 3. The molecule has 2 aromatic rings. The van der Waals surface area contributed by atoms with E-state index < -0.39 is 0 Å². The fraction of sp³-hybridized carbons (Fsp3) is 0.462. The Bertz CT molecular complexity index is 557. The van der Waals surface area contributed by atoms with E-state index >= 15 is 0 Å². The Morgan fingerprint density at radius 2 is 2.00 bits per heavy atom. The lowest BCUT2D eigenvalue weighted by atomic mass is 9.96. The molecule has 0 radical (unpaired) electrons. The highest BCUT2D eigenvalue weighted by molar-refractivity contribution is 7.80. The van der Waals surface area contributed by atoms with Crippen molar-refractivity contribution in [1.82, 2.24) is 20.3 Å². The van der Waals surface area contributed by atoms with Crippen molar-refractivity contribution in [2.45, 2.75) is 38.1 Å². The third-order valence-corrected chi connectivity index (χ3v) is 3.77. The maximum Gasteiger partial charge on any atom is 0.196 e.